The Morgan fingerprint density at radius 2 is 1.74 bits per heavy atom. The van der Waals surface area contributed by atoms with Gasteiger partial charge in [0.25, 0.3) is 0 Å². The van der Waals surface area contributed by atoms with Crippen LogP contribution in [0.1, 0.15) is 44.6 Å². The van der Waals surface area contributed by atoms with Crippen LogP contribution in [0, 0.1) is 5.92 Å². The number of hydrogen-bond acceptors (Lipinski definition) is 3. The third kappa shape index (κ3) is 5.57. The molecule has 152 valence electrons. The van der Waals surface area contributed by atoms with Crippen LogP contribution in [0.2, 0.25) is 0 Å². The van der Waals surface area contributed by atoms with E-state index < -0.39 is 10.0 Å². The van der Waals surface area contributed by atoms with Crippen molar-refractivity contribution >= 4 is 40.0 Å². The van der Waals surface area contributed by atoms with Crippen LogP contribution in [-0.2, 0) is 16.6 Å². The van der Waals surface area contributed by atoms with Crippen molar-refractivity contribution in [2.45, 2.75) is 50.5 Å². The van der Waals surface area contributed by atoms with Gasteiger partial charge in [0.1, 0.15) is 0 Å². The summed E-state index contributed by atoms with van der Waals surface area (Å²) >= 11 is 0. The molecule has 1 aromatic rings. The van der Waals surface area contributed by atoms with Crippen molar-refractivity contribution in [2.24, 2.45) is 16.6 Å². The van der Waals surface area contributed by atoms with Gasteiger partial charge >= 0.3 is 0 Å². The molecule has 2 aliphatic heterocycles. The standard InChI is InChI=1S/C19H30N4O2S.HI/c1-16-9-13-22(14-10-16)19(20)21-15-17-7-3-4-8-18(17)26(24,25)23-11-5-2-6-12-23;/h3-4,7-8,16H,2,5-6,9-15H2,1H3,(H2,20,21);1H. The first-order valence-electron chi connectivity index (χ1n) is 9.61. The smallest absolute Gasteiger partial charge is 0.243 e. The highest BCUT2D eigenvalue weighted by Gasteiger charge is 2.27. The van der Waals surface area contributed by atoms with Crippen molar-refractivity contribution in [3.8, 4) is 0 Å². The molecule has 2 heterocycles. The summed E-state index contributed by atoms with van der Waals surface area (Å²) in [7, 11) is -3.46. The molecule has 2 aliphatic rings. The molecule has 0 saturated carbocycles. The van der Waals surface area contributed by atoms with Crippen LogP contribution in [0.3, 0.4) is 0 Å². The summed E-state index contributed by atoms with van der Waals surface area (Å²) in [4.78, 5) is 6.97. The average Bonchev–Trinajstić information content (AvgIpc) is 2.67. The summed E-state index contributed by atoms with van der Waals surface area (Å²) in [6.45, 7) is 5.60. The third-order valence-electron chi connectivity index (χ3n) is 5.42. The number of hydrogen-bond donors (Lipinski definition) is 1. The molecule has 6 nitrogen and oxygen atoms in total. The van der Waals surface area contributed by atoms with E-state index in [1.54, 1.807) is 16.4 Å². The van der Waals surface area contributed by atoms with E-state index in [0.29, 0.717) is 36.1 Å². The first-order valence-corrected chi connectivity index (χ1v) is 11.1. The molecule has 0 radical (unpaired) electrons. The van der Waals surface area contributed by atoms with E-state index in [1.807, 2.05) is 12.1 Å². The van der Waals surface area contributed by atoms with Crippen LogP contribution < -0.4 is 5.73 Å². The van der Waals surface area contributed by atoms with Crippen molar-refractivity contribution in [3.05, 3.63) is 29.8 Å². The predicted molar refractivity (Wildman–Crippen MR) is 120 cm³/mol. The number of nitrogens with two attached hydrogens (primary N) is 1. The Kier molecular flexibility index (Phi) is 8.36. The fourth-order valence-electron chi connectivity index (χ4n) is 3.63. The van der Waals surface area contributed by atoms with Crippen LogP contribution in [-0.4, -0.2) is 49.8 Å². The Morgan fingerprint density at radius 3 is 2.41 bits per heavy atom. The molecule has 0 unspecified atom stereocenters. The van der Waals surface area contributed by atoms with E-state index in [4.69, 9.17) is 5.73 Å². The van der Waals surface area contributed by atoms with E-state index in [2.05, 4.69) is 16.8 Å². The van der Waals surface area contributed by atoms with E-state index in [1.165, 1.54) is 0 Å². The molecule has 0 atom stereocenters. The van der Waals surface area contributed by atoms with Gasteiger partial charge in [-0.2, -0.15) is 4.31 Å². The van der Waals surface area contributed by atoms with Gasteiger partial charge in [0.05, 0.1) is 11.4 Å². The highest BCUT2D eigenvalue weighted by molar-refractivity contribution is 14.0. The van der Waals surface area contributed by atoms with Gasteiger partial charge in [-0.05, 0) is 43.2 Å². The lowest BCUT2D eigenvalue weighted by molar-refractivity contribution is 0.277. The minimum Gasteiger partial charge on any atom is -0.370 e. The minimum absolute atomic E-state index is 0. The summed E-state index contributed by atoms with van der Waals surface area (Å²) in [5.41, 5.74) is 6.87. The van der Waals surface area contributed by atoms with Crippen LogP contribution in [0.5, 0.6) is 0 Å². The van der Waals surface area contributed by atoms with Crippen molar-refractivity contribution in [1.29, 1.82) is 0 Å². The van der Waals surface area contributed by atoms with E-state index in [0.717, 1.165) is 51.1 Å². The number of nitrogens with zero attached hydrogens (tertiary/aromatic N) is 3. The zero-order chi connectivity index (χ0) is 18.6. The van der Waals surface area contributed by atoms with Gasteiger partial charge in [0, 0.05) is 26.2 Å². The zero-order valence-electron chi connectivity index (χ0n) is 16.0. The number of sulfonamides is 1. The van der Waals surface area contributed by atoms with E-state index in [-0.39, 0.29) is 24.0 Å². The lowest BCUT2D eigenvalue weighted by atomic mass is 10.00. The van der Waals surface area contributed by atoms with Crippen molar-refractivity contribution in [3.63, 3.8) is 0 Å². The highest BCUT2D eigenvalue weighted by atomic mass is 127. The van der Waals surface area contributed by atoms with Gasteiger partial charge in [-0.1, -0.05) is 31.5 Å². The molecular weight excluding hydrogens is 475 g/mol. The fraction of sp³-hybridized carbons (Fsp3) is 0.632. The second-order valence-electron chi connectivity index (χ2n) is 7.42. The first-order chi connectivity index (χ1) is 12.5. The molecule has 0 aromatic heterocycles. The predicted octanol–water partition coefficient (Wildman–Crippen LogP) is 3.03. The molecule has 8 heteroatoms. The SMILES string of the molecule is CC1CCN(C(N)=NCc2ccccc2S(=O)(=O)N2CCCCC2)CC1.I. The molecule has 2 saturated heterocycles. The number of benzene rings is 1. The Labute approximate surface area is 180 Å². The number of guanidine groups is 1. The molecule has 3 rings (SSSR count). The Hall–Kier alpha value is -0.870. The quantitative estimate of drug-likeness (QED) is 0.387. The number of aliphatic imine (C=N–C) groups is 1. The van der Waals surface area contributed by atoms with Gasteiger partial charge in [-0.25, -0.2) is 13.4 Å². The average molecular weight is 506 g/mol. The highest BCUT2D eigenvalue weighted by Crippen LogP contribution is 2.24. The number of halogens is 1. The lowest BCUT2D eigenvalue weighted by Gasteiger charge is -2.31. The molecule has 27 heavy (non-hydrogen) atoms. The maximum atomic E-state index is 13.0. The zero-order valence-corrected chi connectivity index (χ0v) is 19.2. The van der Waals surface area contributed by atoms with Crippen molar-refractivity contribution in [1.82, 2.24) is 9.21 Å². The molecule has 2 fully saturated rings. The molecule has 0 bridgehead atoms. The largest absolute Gasteiger partial charge is 0.370 e. The second-order valence-corrected chi connectivity index (χ2v) is 9.32. The molecular formula is C19H31IN4O2S. The molecule has 0 aliphatic carbocycles. The fourth-order valence-corrected chi connectivity index (χ4v) is 5.37. The second kappa shape index (κ2) is 10.1. The number of rotatable bonds is 4. The monoisotopic (exact) mass is 506 g/mol. The summed E-state index contributed by atoms with van der Waals surface area (Å²) < 4.78 is 27.7. The normalized spacial score (nSPS) is 20.3. The maximum absolute atomic E-state index is 13.0. The van der Waals surface area contributed by atoms with Gasteiger partial charge < -0.3 is 10.6 Å². The summed E-state index contributed by atoms with van der Waals surface area (Å²) in [5.74, 6) is 1.25. The van der Waals surface area contributed by atoms with Gasteiger partial charge in [-0.3, -0.25) is 0 Å². The van der Waals surface area contributed by atoms with Gasteiger partial charge in [-0.15, -0.1) is 24.0 Å². The van der Waals surface area contributed by atoms with Crippen LogP contribution in [0.4, 0.5) is 0 Å². The molecule has 2 N–H and O–H groups in total. The Bertz CT molecular complexity index is 740. The minimum atomic E-state index is -3.46. The lowest BCUT2D eigenvalue weighted by Crippen LogP contribution is -2.42. The van der Waals surface area contributed by atoms with Crippen molar-refractivity contribution in [2.75, 3.05) is 26.2 Å². The first kappa shape index (κ1) is 22.4. The summed E-state index contributed by atoms with van der Waals surface area (Å²) in [6.07, 6.45) is 5.20. The molecule has 0 amide bonds. The number of likely N-dealkylation sites (tertiary alicyclic amines) is 1. The van der Waals surface area contributed by atoms with Crippen LogP contribution >= 0.6 is 24.0 Å². The number of piperidine rings is 2. The van der Waals surface area contributed by atoms with Crippen molar-refractivity contribution < 1.29 is 8.42 Å². The summed E-state index contributed by atoms with van der Waals surface area (Å²) in [5, 5.41) is 0. The van der Waals surface area contributed by atoms with Gasteiger partial charge in [0.2, 0.25) is 10.0 Å². The van der Waals surface area contributed by atoms with Crippen LogP contribution in [0.25, 0.3) is 0 Å². The topological polar surface area (TPSA) is 79.0 Å². The third-order valence-corrected chi connectivity index (χ3v) is 7.42. The van der Waals surface area contributed by atoms with Gasteiger partial charge in [0.15, 0.2) is 5.96 Å². The molecule has 1 aromatic carbocycles. The van der Waals surface area contributed by atoms with Crippen LogP contribution in [0.15, 0.2) is 34.2 Å². The Balaban J connectivity index is 0.00000261. The van der Waals surface area contributed by atoms with E-state index in [9.17, 15) is 8.42 Å². The maximum Gasteiger partial charge on any atom is 0.243 e. The summed E-state index contributed by atoms with van der Waals surface area (Å²) in [6, 6.07) is 7.16. The Morgan fingerprint density at radius 1 is 1.11 bits per heavy atom. The molecule has 0 spiro atoms. The van der Waals surface area contributed by atoms with E-state index >= 15 is 0 Å².